The lowest BCUT2D eigenvalue weighted by atomic mass is 10.2. The summed E-state index contributed by atoms with van der Waals surface area (Å²) in [5.41, 5.74) is 2.11. The zero-order valence-electron chi connectivity index (χ0n) is 14.5. The van der Waals surface area contributed by atoms with Gasteiger partial charge in [-0.1, -0.05) is 40.8 Å². The summed E-state index contributed by atoms with van der Waals surface area (Å²) in [6, 6.07) is 7.74. The molecule has 0 aliphatic carbocycles. The van der Waals surface area contributed by atoms with Gasteiger partial charge in [-0.05, 0) is 25.5 Å². The van der Waals surface area contributed by atoms with E-state index < -0.39 is 9.84 Å². The van der Waals surface area contributed by atoms with Crippen LogP contribution in [0.2, 0.25) is 0 Å². The van der Waals surface area contributed by atoms with E-state index in [1.54, 1.807) is 11.9 Å². The highest BCUT2D eigenvalue weighted by Gasteiger charge is 2.32. The molecule has 1 aliphatic rings. The molecule has 0 unspecified atom stereocenters. The maximum absolute atomic E-state index is 12.3. The molecule has 3 rings (SSSR count). The topological polar surface area (TPSA) is 92.3 Å². The van der Waals surface area contributed by atoms with E-state index in [4.69, 9.17) is 0 Å². The molecule has 2 heterocycles. The molecule has 0 saturated carbocycles. The zero-order chi connectivity index (χ0) is 18.7. The van der Waals surface area contributed by atoms with Gasteiger partial charge < -0.3 is 10.2 Å². The van der Waals surface area contributed by atoms with E-state index in [0.717, 1.165) is 5.69 Å². The molecule has 7 nitrogen and oxygen atoms in total. The Labute approximate surface area is 161 Å². The van der Waals surface area contributed by atoms with Gasteiger partial charge in [-0.25, -0.2) is 8.42 Å². The summed E-state index contributed by atoms with van der Waals surface area (Å²) in [6.07, 6.45) is 0.513. The molecule has 1 aromatic carbocycles. The third-order valence-corrected chi connectivity index (χ3v) is 7.89. The summed E-state index contributed by atoms with van der Waals surface area (Å²) in [6.45, 7) is 2.03. The maximum atomic E-state index is 12.3. The summed E-state index contributed by atoms with van der Waals surface area (Å²) in [7, 11) is -1.33. The first-order chi connectivity index (χ1) is 12.3. The molecule has 2 aromatic rings. The minimum Gasteiger partial charge on any atom is -0.341 e. The molecule has 140 valence electrons. The molecule has 1 aromatic heterocycles. The predicted octanol–water partition coefficient (Wildman–Crippen LogP) is 2.33. The molecule has 26 heavy (non-hydrogen) atoms. The monoisotopic (exact) mass is 412 g/mol. The first kappa shape index (κ1) is 19.1. The van der Waals surface area contributed by atoms with Gasteiger partial charge in [0, 0.05) is 18.8 Å². The fraction of sp³-hybridized carbons (Fsp3) is 0.438. The normalized spacial score (nSPS) is 18.6. The Morgan fingerprint density at radius 3 is 2.73 bits per heavy atom. The number of rotatable bonds is 6. The van der Waals surface area contributed by atoms with Gasteiger partial charge in [0.15, 0.2) is 14.2 Å². The number of hydrogen-bond donors (Lipinski definition) is 1. The fourth-order valence-corrected chi connectivity index (χ4v) is 6.06. The zero-order valence-corrected chi connectivity index (χ0v) is 17.0. The molecule has 1 saturated heterocycles. The van der Waals surface area contributed by atoms with Crippen molar-refractivity contribution in [1.82, 2.24) is 15.1 Å². The molecule has 1 amide bonds. The van der Waals surface area contributed by atoms with Crippen LogP contribution in [0.4, 0.5) is 10.8 Å². The summed E-state index contributed by atoms with van der Waals surface area (Å²) >= 11 is 2.69. The Kier molecular flexibility index (Phi) is 5.83. The van der Waals surface area contributed by atoms with Crippen molar-refractivity contribution < 1.29 is 13.2 Å². The van der Waals surface area contributed by atoms with Gasteiger partial charge >= 0.3 is 0 Å². The first-order valence-electron chi connectivity index (χ1n) is 8.08. The molecule has 10 heteroatoms. The molecule has 0 radical (unpaired) electrons. The molecule has 1 N–H and O–H groups in total. The molecule has 0 bridgehead atoms. The second-order valence-electron chi connectivity index (χ2n) is 6.21. The highest BCUT2D eigenvalue weighted by molar-refractivity contribution is 8.01. The van der Waals surface area contributed by atoms with Gasteiger partial charge in [0.05, 0.1) is 17.3 Å². The number of carbonyl (C=O) groups excluding carboxylic acids is 1. The summed E-state index contributed by atoms with van der Waals surface area (Å²) in [5.74, 6) is 0.336. The van der Waals surface area contributed by atoms with Crippen LogP contribution in [0.3, 0.4) is 0 Å². The molecule has 1 aliphatic heterocycles. The number of thioether (sulfide) groups is 1. The minimum atomic E-state index is -3.00. The number of hydrogen-bond acceptors (Lipinski definition) is 8. The van der Waals surface area contributed by atoms with Crippen molar-refractivity contribution in [2.75, 3.05) is 29.6 Å². The lowest BCUT2D eigenvalue weighted by Crippen LogP contribution is -2.38. The minimum absolute atomic E-state index is 0.0589. The Morgan fingerprint density at radius 2 is 2.08 bits per heavy atom. The highest BCUT2D eigenvalue weighted by atomic mass is 32.2. The number of sulfone groups is 1. The van der Waals surface area contributed by atoms with E-state index in [-0.39, 0.29) is 29.2 Å². The van der Waals surface area contributed by atoms with E-state index in [2.05, 4.69) is 15.5 Å². The van der Waals surface area contributed by atoms with Crippen LogP contribution in [0.15, 0.2) is 28.6 Å². The molecular weight excluding hydrogens is 392 g/mol. The Bertz CT molecular complexity index is 880. The lowest BCUT2D eigenvalue weighted by molar-refractivity contribution is -0.128. The van der Waals surface area contributed by atoms with Crippen molar-refractivity contribution in [2.24, 2.45) is 0 Å². The first-order valence-corrected chi connectivity index (χ1v) is 11.7. The van der Waals surface area contributed by atoms with Crippen LogP contribution >= 0.6 is 23.1 Å². The quantitative estimate of drug-likeness (QED) is 0.728. The van der Waals surface area contributed by atoms with Gasteiger partial charge in [-0.15, -0.1) is 10.2 Å². The van der Waals surface area contributed by atoms with Crippen LogP contribution in [0.1, 0.15) is 12.0 Å². The Balaban J connectivity index is 1.51. The average molecular weight is 413 g/mol. The Hall–Kier alpha value is -1.65. The van der Waals surface area contributed by atoms with E-state index >= 15 is 0 Å². The largest absolute Gasteiger partial charge is 0.341 e. The van der Waals surface area contributed by atoms with Crippen molar-refractivity contribution in [3.05, 3.63) is 29.8 Å². The number of amides is 1. The van der Waals surface area contributed by atoms with Crippen LogP contribution in [0.5, 0.6) is 0 Å². The average Bonchev–Trinajstić information content (AvgIpc) is 3.20. The van der Waals surface area contributed by atoms with Gasteiger partial charge in [0.2, 0.25) is 11.0 Å². The van der Waals surface area contributed by atoms with Crippen LogP contribution < -0.4 is 5.32 Å². The van der Waals surface area contributed by atoms with Crippen molar-refractivity contribution in [2.45, 2.75) is 23.7 Å². The van der Waals surface area contributed by atoms with E-state index in [1.807, 2.05) is 31.2 Å². The number of nitrogens with one attached hydrogen (secondary N) is 1. The second kappa shape index (κ2) is 7.93. The van der Waals surface area contributed by atoms with Crippen molar-refractivity contribution >= 4 is 49.7 Å². The summed E-state index contributed by atoms with van der Waals surface area (Å²) in [4.78, 5) is 13.8. The lowest BCUT2D eigenvalue weighted by Gasteiger charge is -2.22. The van der Waals surface area contributed by atoms with Gasteiger partial charge in [0.25, 0.3) is 0 Å². The van der Waals surface area contributed by atoms with Crippen LogP contribution in [-0.4, -0.2) is 59.8 Å². The number of aromatic nitrogens is 2. The number of nitrogens with zero attached hydrogens (tertiary/aromatic N) is 3. The predicted molar refractivity (Wildman–Crippen MR) is 105 cm³/mol. The van der Waals surface area contributed by atoms with E-state index in [1.165, 1.54) is 28.7 Å². The summed E-state index contributed by atoms with van der Waals surface area (Å²) < 4.78 is 23.8. The SMILES string of the molecule is Cc1ccc(Nc2nnc(SCC(=O)N(C)[C@H]3CCS(=O)(=O)C3)s2)cc1. The van der Waals surface area contributed by atoms with E-state index in [0.29, 0.717) is 15.9 Å². The molecule has 1 atom stereocenters. The van der Waals surface area contributed by atoms with Crippen LogP contribution in [-0.2, 0) is 14.6 Å². The number of carbonyl (C=O) groups is 1. The van der Waals surface area contributed by atoms with Crippen LogP contribution in [0, 0.1) is 6.92 Å². The number of aryl methyl sites for hydroxylation is 1. The number of anilines is 2. The number of benzene rings is 1. The van der Waals surface area contributed by atoms with Crippen molar-refractivity contribution in [3.63, 3.8) is 0 Å². The van der Waals surface area contributed by atoms with Gasteiger partial charge in [0.1, 0.15) is 0 Å². The molecular formula is C16H20N4O3S3. The van der Waals surface area contributed by atoms with Crippen molar-refractivity contribution in [1.29, 1.82) is 0 Å². The highest BCUT2D eigenvalue weighted by Crippen LogP contribution is 2.28. The second-order valence-corrected chi connectivity index (χ2v) is 10.6. The standard InChI is InChI=1S/C16H20N4O3S3/c1-11-3-5-12(6-4-11)17-15-18-19-16(25-15)24-9-14(21)20(2)13-7-8-26(22,23)10-13/h3-6,13H,7-10H2,1-2H3,(H,17,18)/t13-/m0/s1. The fourth-order valence-electron chi connectivity index (χ4n) is 2.59. The Morgan fingerprint density at radius 1 is 1.35 bits per heavy atom. The maximum Gasteiger partial charge on any atom is 0.233 e. The third kappa shape index (κ3) is 4.95. The smallest absolute Gasteiger partial charge is 0.233 e. The van der Waals surface area contributed by atoms with Crippen molar-refractivity contribution in [3.8, 4) is 0 Å². The third-order valence-electron chi connectivity index (χ3n) is 4.18. The van der Waals surface area contributed by atoms with Gasteiger partial charge in [-0.2, -0.15) is 0 Å². The van der Waals surface area contributed by atoms with Crippen LogP contribution in [0.25, 0.3) is 0 Å². The van der Waals surface area contributed by atoms with E-state index in [9.17, 15) is 13.2 Å². The van der Waals surface area contributed by atoms with Gasteiger partial charge in [-0.3, -0.25) is 4.79 Å². The molecule has 0 spiro atoms. The summed E-state index contributed by atoms with van der Waals surface area (Å²) in [5, 5.41) is 12.0. The molecule has 1 fully saturated rings.